The Morgan fingerprint density at radius 3 is 1.93 bits per heavy atom. The van der Waals surface area contributed by atoms with E-state index in [-0.39, 0.29) is 11.9 Å². The van der Waals surface area contributed by atoms with Crippen molar-refractivity contribution in [2.24, 2.45) is 5.92 Å². The Kier molecular flexibility index (Phi) is 11.6. The lowest BCUT2D eigenvalue weighted by Crippen LogP contribution is -2.49. The molecular formula is C23H34O6. The van der Waals surface area contributed by atoms with Gasteiger partial charge in [0.2, 0.25) is 6.29 Å². The van der Waals surface area contributed by atoms with Gasteiger partial charge < -0.3 is 23.7 Å². The molecule has 0 saturated heterocycles. The van der Waals surface area contributed by atoms with Crippen molar-refractivity contribution in [2.45, 2.75) is 59.7 Å². The summed E-state index contributed by atoms with van der Waals surface area (Å²) < 4.78 is 28.9. The van der Waals surface area contributed by atoms with Gasteiger partial charge in [0, 0.05) is 32.0 Å². The van der Waals surface area contributed by atoms with E-state index in [4.69, 9.17) is 23.7 Å². The molecule has 1 aromatic carbocycles. The molecule has 0 spiro atoms. The number of rotatable bonds is 12. The van der Waals surface area contributed by atoms with Crippen LogP contribution in [0.2, 0.25) is 0 Å². The molecule has 0 aliphatic rings. The van der Waals surface area contributed by atoms with Gasteiger partial charge in [-0.1, -0.05) is 44.2 Å². The van der Waals surface area contributed by atoms with E-state index in [1.165, 1.54) is 0 Å². The summed E-state index contributed by atoms with van der Waals surface area (Å²) in [6.07, 6.45) is -1.61. The van der Waals surface area contributed by atoms with Gasteiger partial charge >= 0.3 is 5.97 Å². The quantitative estimate of drug-likeness (QED) is 0.296. The van der Waals surface area contributed by atoms with Crippen molar-refractivity contribution in [1.82, 2.24) is 0 Å². The van der Waals surface area contributed by atoms with Crippen LogP contribution >= 0.6 is 0 Å². The average Bonchev–Trinajstić information content (AvgIpc) is 2.71. The molecular weight excluding hydrogens is 372 g/mol. The number of carbonyl (C=O) groups excluding carboxylic acids is 1. The lowest BCUT2D eigenvalue weighted by Gasteiger charge is -2.34. The van der Waals surface area contributed by atoms with Gasteiger partial charge in [0.25, 0.3) is 5.79 Å². The van der Waals surface area contributed by atoms with E-state index in [1.807, 2.05) is 58.0 Å². The van der Waals surface area contributed by atoms with Gasteiger partial charge in [0.15, 0.2) is 6.10 Å². The highest BCUT2D eigenvalue weighted by atomic mass is 16.8. The number of benzene rings is 1. The number of esters is 1. The molecule has 1 rings (SSSR count). The van der Waals surface area contributed by atoms with Crippen LogP contribution in [0, 0.1) is 17.8 Å². The number of ether oxygens (including phenoxy) is 5. The first-order valence-electron chi connectivity index (χ1n) is 10.2. The van der Waals surface area contributed by atoms with Gasteiger partial charge in [-0.25, -0.2) is 0 Å². The Labute approximate surface area is 174 Å². The summed E-state index contributed by atoms with van der Waals surface area (Å²) in [5.41, 5.74) is 0.764. The zero-order valence-corrected chi connectivity index (χ0v) is 18.4. The smallest absolute Gasteiger partial charge is 0.309 e. The van der Waals surface area contributed by atoms with Crippen molar-refractivity contribution in [1.29, 1.82) is 0 Å². The maximum absolute atomic E-state index is 12.2. The maximum atomic E-state index is 12.2. The summed E-state index contributed by atoms with van der Waals surface area (Å²) >= 11 is 0. The molecule has 0 aliphatic carbocycles. The molecule has 29 heavy (non-hydrogen) atoms. The highest BCUT2D eigenvalue weighted by molar-refractivity contribution is 5.72. The zero-order chi connectivity index (χ0) is 21.7. The molecule has 0 fully saturated rings. The van der Waals surface area contributed by atoms with E-state index in [9.17, 15) is 4.79 Å². The summed E-state index contributed by atoms with van der Waals surface area (Å²) in [5.74, 6) is 4.01. The Hall–Kier alpha value is -1.91. The van der Waals surface area contributed by atoms with Gasteiger partial charge in [-0.2, -0.15) is 0 Å². The normalized spacial score (nSPS) is 12.6. The number of hydrogen-bond acceptors (Lipinski definition) is 6. The average molecular weight is 407 g/mol. The van der Waals surface area contributed by atoms with Crippen LogP contribution in [0.5, 0.6) is 0 Å². The summed E-state index contributed by atoms with van der Waals surface area (Å²) in [4.78, 5) is 12.2. The van der Waals surface area contributed by atoms with Gasteiger partial charge in [0.05, 0.1) is 5.92 Å². The fraction of sp³-hybridized carbons (Fsp3) is 0.609. The highest BCUT2D eigenvalue weighted by Gasteiger charge is 2.42. The molecule has 6 nitrogen and oxygen atoms in total. The van der Waals surface area contributed by atoms with Gasteiger partial charge in [-0.3, -0.25) is 4.79 Å². The fourth-order valence-corrected chi connectivity index (χ4v) is 2.54. The molecule has 162 valence electrons. The van der Waals surface area contributed by atoms with E-state index >= 15 is 0 Å². The molecule has 6 heteroatoms. The molecule has 0 bridgehead atoms. The van der Waals surface area contributed by atoms with Crippen LogP contribution in [-0.2, 0) is 28.5 Å². The fourth-order valence-electron chi connectivity index (χ4n) is 2.54. The van der Waals surface area contributed by atoms with Crippen molar-refractivity contribution in [3.05, 3.63) is 35.9 Å². The van der Waals surface area contributed by atoms with Gasteiger partial charge in [0.1, 0.15) is 0 Å². The largest absolute Gasteiger partial charge is 0.444 e. The highest BCUT2D eigenvalue weighted by Crippen LogP contribution is 2.24. The van der Waals surface area contributed by atoms with Gasteiger partial charge in [-0.15, -0.1) is 0 Å². The SMILES string of the molecule is CCOC(OCC)C(C#CC(OC(=O)C(C)C)c1ccccc1)(OCC)OCC. The van der Waals surface area contributed by atoms with Crippen LogP contribution < -0.4 is 0 Å². The first-order chi connectivity index (χ1) is 13.9. The lowest BCUT2D eigenvalue weighted by atomic mass is 10.1. The minimum atomic E-state index is -1.44. The molecule has 1 aromatic rings. The number of hydrogen-bond donors (Lipinski definition) is 0. The molecule has 0 radical (unpaired) electrons. The molecule has 0 aromatic heterocycles. The lowest BCUT2D eigenvalue weighted by molar-refractivity contribution is -0.321. The molecule has 0 aliphatic heterocycles. The van der Waals surface area contributed by atoms with Crippen molar-refractivity contribution in [3.63, 3.8) is 0 Å². The van der Waals surface area contributed by atoms with E-state index in [2.05, 4.69) is 11.8 Å². The minimum absolute atomic E-state index is 0.272. The summed E-state index contributed by atoms with van der Waals surface area (Å²) in [7, 11) is 0. The Balaban J connectivity index is 3.38. The van der Waals surface area contributed by atoms with Gasteiger partial charge in [-0.05, 0) is 39.5 Å². The van der Waals surface area contributed by atoms with Crippen LogP contribution in [-0.4, -0.2) is 44.5 Å². The van der Waals surface area contributed by atoms with E-state index in [0.29, 0.717) is 26.4 Å². The first-order valence-corrected chi connectivity index (χ1v) is 10.2. The molecule has 0 N–H and O–H groups in total. The van der Waals surface area contributed by atoms with Crippen molar-refractivity contribution >= 4 is 5.97 Å². The topological polar surface area (TPSA) is 63.2 Å². The Morgan fingerprint density at radius 1 is 0.931 bits per heavy atom. The third-order valence-electron chi connectivity index (χ3n) is 3.85. The monoisotopic (exact) mass is 406 g/mol. The second-order valence-corrected chi connectivity index (χ2v) is 6.43. The third-order valence-corrected chi connectivity index (χ3v) is 3.85. The molecule has 0 amide bonds. The van der Waals surface area contributed by atoms with Crippen LogP contribution in [0.1, 0.15) is 53.2 Å². The zero-order valence-electron chi connectivity index (χ0n) is 18.4. The summed E-state index contributed by atoms with van der Waals surface area (Å²) in [6.45, 7) is 12.5. The van der Waals surface area contributed by atoms with E-state index in [1.54, 1.807) is 13.8 Å². The summed E-state index contributed by atoms with van der Waals surface area (Å²) in [6, 6.07) is 9.35. The van der Waals surface area contributed by atoms with Crippen molar-refractivity contribution < 1.29 is 28.5 Å². The molecule has 1 unspecified atom stereocenters. The predicted molar refractivity (Wildman–Crippen MR) is 111 cm³/mol. The van der Waals surface area contributed by atoms with Crippen LogP contribution in [0.25, 0.3) is 0 Å². The van der Waals surface area contributed by atoms with Crippen LogP contribution in [0.3, 0.4) is 0 Å². The van der Waals surface area contributed by atoms with Crippen LogP contribution in [0.15, 0.2) is 30.3 Å². The second-order valence-electron chi connectivity index (χ2n) is 6.43. The molecule has 0 heterocycles. The minimum Gasteiger partial charge on any atom is -0.444 e. The summed E-state index contributed by atoms with van der Waals surface area (Å²) in [5, 5.41) is 0. The maximum Gasteiger partial charge on any atom is 0.309 e. The Morgan fingerprint density at radius 2 is 1.48 bits per heavy atom. The number of carbonyl (C=O) groups is 1. The predicted octanol–water partition coefficient (Wildman–Crippen LogP) is 4.10. The van der Waals surface area contributed by atoms with E-state index in [0.717, 1.165) is 5.56 Å². The van der Waals surface area contributed by atoms with Crippen molar-refractivity contribution in [3.8, 4) is 11.8 Å². The molecule has 1 atom stereocenters. The third kappa shape index (κ3) is 7.79. The second kappa shape index (κ2) is 13.3. The van der Waals surface area contributed by atoms with E-state index < -0.39 is 18.2 Å². The molecule has 0 saturated carbocycles. The standard InChI is InChI=1S/C23H34O6/c1-7-25-22(26-8-2)23(27-9-3,28-10-4)17-16-20(29-21(24)18(5)6)19-14-12-11-13-15-19/h11-15,18,20,22H,7-10H2,1-6H3. The van der Waals surface area contributed by atoms with Crippen LogP contribution in [0.4, 0.5) is 0 Å². The Bertz CT molecular complexity index is 634. The first kappa shape index (κ1) is 25.1. The van der Waals surface area contributed by atoms with Crippen molar-refractivity contribution in [2.75, 3.05) is 26.4 Å².